The number of nitrogens with zero attached hydrogens (tertiary/aromatic N) is 2. The fourth-order valence-electron chi connectivity index (χ4n) is 3.18. The number of hydrogen-bond donors (Lipinski definition) is 0. The SMILES string of the molecule is COc1ccc(CN2CCN(Cc3ccccc3)CC2)cc1OC. The molecule has 24 heavy (non-hydrogen) atoms. The van der Waals surface area contributed by atoms with Crippen LogP contribution < -0.4 is 9.47 Å². The van der Waals surface area contributed by atoms with Crippen molar-refractivity contribution >= 4 is 0 Å². The molecule has 0 aliphatic carbocycles. The molecule has 0 unspecified atom stereocenters. The molecule has 0 aromatic heterocycles. The molecule has 0 N–H and O–H groups in total. The van der Waals surface area contributed by atoms with Crippen LogP contribution in [0.4, 0.5) is 0 Å². The molecule has 0 bridgehead atoms. The lowest BCUT2D eigenvalue weighted by molar-refractivity contribution is 0.122. The van der Waals surface area contributed by atoms with E-state index in [4.69, 9.17) is 9.47 Å². The average molecular weight is 326 g/mol. The van der Waals surface area contributed by atoms with Crippen molar-refractivity contribution < 1.29 is 9.47 Å². The van der Waals surface area contributed by atoms with Gasteiger partial charge in [0, 0.05) is 39.3 Å². The van der Waals surface area contributed by atoms with E-state index in [-0.39, 0.29) is 0 Å². The van der Waals surface area contributed by atoms with E-state index >= 15 is 0 Å². The molecule has 1 fully saturated rings. The molecule has 1 aliphatic rings. The molecule has 4 heteroatoms. The van der Waals surface area contributed by atoms with E-state index < -0.39 is 0 Å². The lowest BCUT2D eigenvalue weighted by Crippen LogP contribution is -2.45. The van der Waals surface area contributed by atoms with Crippen LogP contribution in [0.15, 0.2) is 48.5 Å². The Balaban J connectivity index is 1.52. The second-order valence-electron chi connectivity index (χ2n) is 6.23. The molecule has 3 rings (SSSR count). The summed E-state index contributed by atoms with van der Waals surface area (Å²) in [7, 11) is 3.35. The predicted molar refractivity (Wildman–Crippen MR) is 96.5 cm³/mol. The second kappa shape index (κ2) is 8.18. The van der Waals surface area contributed by atoms with Crippen molar-refractivity contribution in [3.05, 3.63) is 59.7 Å². The van der Waals surface area contributed by atoms with Gasteiger partial charge in [0.2, 0.25) is 0 Å². The number of ether oxygens (including phenoxy) is 2. The van der Waals surface area contributed by atoms with Crippen LogP contribution in [0.1, 0.15) is 11.1 Å². The van der Waals surface area contributed by atoms with Crippen molar-refractivity contribution in [2.45, 2.75) is 13.1 Å². The molecule has 128 valence electrons. The van der Waals surface area contributed by atoms with Gasteiger partial charge in [0.05, 0.1) is 14.2 Å². The van der Waals surface area contributed by atoms with Gasteiger partial charge in [0.1, 0.15) is 0 Å². The molecule has 2 aromatic carbocycles. The molecule has 2 aromatic rings. The highest BCUT2D eigenvalue weighted by molar-refractivity contribution is 5.42. The Morgan fingerprint density at radius 1 is 0.708 bits per heavy atom. The first-order valence-corrected chi connectivity index (χ1v) is 8.48. The third-order valence-electron chi connectivity index (χ3n) is 4.57. The van der Waals surface area contributed by atoms with Gasteiger partial charge in [-0.15, -0.1) is 0 Å². The highest BCUT2D eigenvalue weighted by Crippen LogP contribution is 2.28. The Morgan fingerprint density at radius 3 is 1.88 bits per heavy atom. The summed E-state index contributed by atoms with van der Waals surface area (Å²) in [4.78, 5) is 5.03. The molecule has 1 heterocycles. The zero-order valence-corrected chi connectivity index (χ0v) is 14.6. The fourth-order valence-corrected chi connectivity index (χ4v) is 3.18. The Bertz CT molecular complexity index is 637. The van der Waals surface area contributed by atoms with Gasteiger partial charge in [0.15, 0.2) is 11.5 Å². The molecular weight excluding hydrogens is 300 g/mol. The van der Waals surface area contributed by atoms with Crippen molar-refractivity contribution in [1.82, 2.24) is 9.80 Å². The molecule has 0 radical (unpaired) electrons. The number of piperazine rings is 1. The second-order valence-corrected chi connectivity index (χ2v) is 6.23. The largest absolute Gasteiger partial charge is 0.493 e. The maximum absolute atomic E-state index is 5.40. The minimum atomic E-state index is 0.786. The maximum atomic E-state index is 5.40. The zero-order chi connectivity index (χ0) is 16.8. The molecule has 0 saturated carbocycles. The van der Waals surface area contributed by atoms with Crippen LogP contribution in [0.25, 0.3) is 0 Å². The summed E-state index contributed by atoms with van der Waals surface area (Å²) in [5.41, 5.74) is 2.66. The van der Waals surface area contributed by atoms with Crippen molar-refractivity contribution in [3.63, 3.8) is 0 Å². The van der Waals surface area contributed by atoms with E-state index in [2.05, 4.69) is 52.3 Å². The van der Waals surface area contributed by atoms with Gasteiger partial charge >= 0.3 is 0 Å². The summed E-state index contributed by atoms with van der Waals surface area (Å²) in [5, 5.41) is 0. The summed E-state index contributed by atoms with van der Waals surface area (Å²) >= 11 is 0. The monoisotopic (exact) mass is 326 g/mol. The Kier molecular flexibility index (Phi) is 5.72. The first kappa shape index (κ1) is 16.8. The summed E-state index contributed by atoms with van der Waals surface area (Å²) in [6.45, 7) is 6.43. The zero-order valence-electron chi connectivity index (χ0n) is 14.6. The van der Waals surface area contributed by atoms with Crippen LogP contribution in [-0.2, 0) is 13.1 Å². The highest BCUT2D eigenvalue weighted by atomic mass is 16.5. The Labute approximate surface area is 144 Å². The molecule has 1 saturated heterocycles. The molecular formula is C20H26N2O2. The van der Waals surface area contributed by atoms with Crippen LogP contribution in [0.2, 0.25) is 0 Å². The average Bonchev–Trinajstić information content (AvgIpc) is 2.64. The van der Waals surface area contributed by atoms with Gasteiger partial charge in [-0.3, -0.25) is 9.80 Å². The Morgan fingerprint density at radius 2 is 1.29 bits per heavy atom. The fraction of sp³-hybridized carbons (Fsp3) is 0.400. The van der Waals surface area contributed by atoms with Gasteiger partial charge in [-0.05, 0) is 23.3 Å². The van der Waals surface area contributed by atoms with Crippen LogP contribution in [0.3, 0.4) is 0 Å². The third kappa shape index (κ3) is 4.28. The van der Waals surface area contributed by atoms with Crippen molar-refractivity contribution in [1.29, 1.82) is 0 Å². The summed E-state index contributed by atoms with van der Waals surface area (Å²) < 4.78 is 10.7. The van der Waals surface area contributed by atoms with E-state index in [1.54, 1.807) is 14.2 Å². The standard InChI is InChI=1S/C20H26N2O2/c1-23-19-9-8-18(14-20(19)24-2)16-22-12-10-21(11-13-22)15-17-6-4-3-5-7-17/h3-9,14H,10-13,15-16H2,1-2H3. The first-order chi connectivity index (χ1) is 11.8. The normalized spacial score (nSPS) is 16.1. The van der Waals surface area contributed by atoms with Crippen LogP contribution in [0, 0.1) is 0 Å². The minimum Gasteiger partial charge on any atom is -0.493 e. The number of methoxy groups -OCH3 is 2. The van der Waals surface area contributed by atoms with Gasteiger partial charge in [-0.2, -0.15) is 0 Å². The molecule has 0 spiro atoms. The number of benzene rings is 2. The van der Waals surface area contributed by atoms with E-state index in [0.29, 0.717) is 0 Å². The van der Waals surface area contributed by atoms with Crippen molar-refractivity contribution in [3.8, 4) is 11.5 Å². The van der Waals surface area contributed by atoms with Crippen LogP contribution >= 0.6 is 0 Å². The lowest BCUT2D eigenvalue weighted by atomic mass is 10.1. The van der Waals surface area contributed by atoms with Gasteiger partial charge in [0.25, 0.3) is 0 Å². The molecule has 0 amide bonds. The van der Waals surface area contributed by atoms with Crippen molar-refractivity contribution in [2.24, 2.45) is 0 Å². The number of hydrogen-bond acceptors (Lipinski definition) is 4. The minimum absolute atomic E-state index is 0.786. The van der Waals surface area contributed by atoms with E-state index in [0.717, 1.165) is 50.8 Å². The predicted octanol–water partition coefficient (Wildman–Crippen LogP) is 3.02. The maximum Gasteiger partial charge on any atom is 0.161 e. The first-order valence-electron chi connectivity index (χ1n) is 8.48. The summed E-state index contributed by atoms with van der Waals surface area (Å²) in [6.07, 6.45) is 0. The lowest BCUT2D eigenvalue weighted by Gasteiger charge is -2.34. The van der Waals surface area contributed by atoms with E-state index in [1.165, 1.54) is 11.1 Å². The highest BCUT2D eigenvalue weighted by Gasteiger charge is 2.17. The third-order valence-corrected chi connectivity index (χ3v) is 4.57. The summed E-state index contributed by atoms with van der Waals surface area (Å²) in [6, 6.07) is 16.9. The number of rotatable bonds is 6. The van der Waals surface area contributed by atoms with Crippen LogP contribution in [0.5, 0.6) is 11.5 Å². The molecule has 0 atom stereocenters. The van der Waals surface area contributed by atoms with Gasteiger partial charge < -0.3 is 9.47 Å². The topological polar surface area (TPSA) is 24.9 Å². The molecule has 1 aliphatic heterocycles. The van der Waals surface area contributed by atoms with E-state index in [9.17, 15) is 0 Å². The van der Waals surface area contributed by atoms with Gasteiger partial charge in [-0.25, -0.2) is 0 Å². The summed E-state index contributed by atoms with van der Waals surface area (Å²) in [5.74, 6) is 1.59. The smallest absolute Gasteiger partial charge is 0.161 e. The van der Waals surface area contributed by atoms with Crippen molar-refractivity contribution in [2.75, 3.05) is 40.4 Å². The van der Waals surface area contributed by atoms with Crippen LogP contribution in [-0.4, -0.2) is 50.2 Å². The molecule has 4 nitrogen and oxygen atoms in total. The quantitative estimate of drug-likeness (QED) is 0.815. The van der Waals surface area contributed by atoms with E-state index in [1.807, 2.05) is 6.07 Å². The van der Waals surface area contributed by atoms with Gasteiger partial charge in [-0.1, -0.05) is 36.4 Å². The Hall–Kier alpha value is -2.04.